The summed E-state index contributed by atoms with van der Waals surface area (Å²) >= 11 is 0. The third-order valence-corrected chi connectivity index (χ3v) is 2.20. The van der Waals surface area contributed by atoms with Crippen LogP contribution in [0.1, 0.15) is 6.42 Å². The van der Waals surface area contributed by atoms with E-state index in [9.17, 15) is 4.79 Å². The van der Waals surface area contributed by atoms with Crippen molar-refractivity contribution in [1.82, 2.24) is 5.32 Å². The number of nitrogens with zero attached hydrogens (tertiary/aromatic N) is 1. The van der Waals surface area contributed by atoms with Crippen molar-refractivity contribution >= 4 is 12.6 Å². The highest BCUT2D eigenvalue weighted by atomic mass is 16.1. The predicted molar refractivity (Wildman–Crippen MR) is 51.1 cm³/mol. The van der Waals surface area contributed by atoms with Gasteiger partial charge in [0.1, 0.15) is 0 Å². The van der Waals surface area contributed by atoms with E-state index in [2.05, 4.69) is 16.4 Å². The molecule has 1 heterocycles. The van der Waals surface area contributed by atoms with E-state index in [-0.39, 0.29) is 0 Å². The number of hydrogen-bond acceptors (Lipinski definition) is 2. The molecule has 0 fully saturated rings. The smallest absolute Gasteiger partial charge is 0.211 e. The molecular formula is C10H10N2O. The Bertz CT molecular complexity index is 337. The molecule has 0 aromatic carbocycles. The number of allylic oxidation sites excluding steroid dienone is 4. The molecule has 0 radical (unpaired) electrons. The van der Waals surface area contributed by atoms with Crippen molar-refractivity contribution in [3.05, 3.63) is 35.7 Å². The summed E-state index contributed by atoms with van der Waals surface area (Å²) in [7, 11) is 0. The monoisotopic (exact) mass is 174 g/mol. The van der Waals surface area contributed by atoms with Gasteiger partial charge in [-0.25, -0.2) is 0 Å². The molecule has 1 aliphatic heterocycles. The predicted octanol–water partition coefficient (Wildman–Crippen LogP) is 1.16. The maximum Gasteiger partial charge on any atom is 0.211 e. The molecule has 1 aliphatic carbocycles. The third-order valence-electron chi connectivity index (χ3n) is 2.20. The van der Waals surface area contributed by atoms with E-state index in [1.165, 1.54) is 0 Å². The first-order valence-electron chi connectivity index (χ1n) is 4.22. The van der Waals surface area contributed by atoms with Gasteiger partial charge in [0, 0.05) is 24.0 Å². The Morgan fingerprint density at radius 3 is 3.38 bits per heavy atom. The molecule has 0 saturated carbocycles. The summed E-state index contributed by atoms with van der Waals surface area (Å²) in [6, 6.07) is 0. The SMILES string of the molecule is O=CNC1=CCC2C=CN=CC2=C1. The maximum atomic E-state index is 10.2. The van der Waals surface area contributed by atoms with E-state index in [4.69, 9.17) is 0 Å². The van der Waals surface area contributed by atoms with Crippen LogP contribution in [0.3, 0.4) is 0 Å². The molecule has 2 rings (SSSR count). The minimum atomic E-state index is 0.440. The lowest BCUT2D eigenvalue weighted by Crippen LogP contribution is -2.16. The minimum absolute atomic E-state index is 0.440. The van der Waals surface area contributed by atoms with Crippen molar-refractivity contribution < 1.29 is 4.79 Å². The summed E-state index contributed by atoms with van der Waals surface area (Å²) < 4.78 is 0. The molecule has 66 valence electrons. The molecule has 0 aromatic rings. The first kappa shape index (κ1) is 7.98. The number of carbonyl (C=O) groups excluding carboxylic acids is 1. The van der Waals surface area contributed by atoms with Crippen LogP contribution in [0.5, 0.6) is 0 Å². The number of rotatable bonds is 2. The van der Waals surface area contributed by atoms with E-state index < -0.39 is 0 Å². The standard InChI is InChI=1S/C10H10N2O/c13-7-12-10-2-1-8-3-4-11-6-9(8)5-10/h2-8H,1H2,(H,12,13). The van der Waals surface area contributed by atoms with Gasteiger partial charge in [0.2, 0.25) is 6.41 Å². The van der Waals surface area contributed by atoms with Crippen LogP contribution in [-0.2, 0) is 4.79 Å². The van der Waals surface area contributed by atoms with Gasteiger partial charge in [0.15, 0.2) is 0 Å². The lowest BCUT2D eigenvalue weighted by atomic mass is 9.90. The Morgan fingerprint density at radius 1 is 1.62 bits per heavy atom. The summed E-state index contributed by atoms with van der Waals surface area (Å²) in [5, 5.41) is 2.64. The molecule has 3 heteroatoms. The molecule has 3 nitrogen and oxygen atoms in total. The third kappa shape index (κ3) is 1.59. The topological polar surface area (TPSA) is 41.5 Å². The van der Waals surface area contributed by atoms with Gasteiger partial charge in [0.25, 0.3) is 0 Å². The van der Waals surface area contributed by atoms with Crippen LogP contribution in [0.2, 0.25) is 0 Å². The summed E-state index contributed by atoms with van der Waals surface area (Å²) in [5.41, 5.74) is 2.03. The largest absolute Gasteiger partial charge is 0.329 e. The fraction of sp³-hybridized carbons (Fsp3) is 0.200. The van der Waals surface area contributed by atoms with Crippen molar-refractivity contribution in [2.45, 2.75) is 6.42 Å². The fourth-order valence-corrected chi connectivity index (χ4v) is 1.51. The van der Waals surface area contributed by atoms with Gasteiger partial charge >= 0.3 is 0 Å². The van der Waals surface area contributed by atoms with Crippen LogP contribution >= 0.6 is 0 Å². The van der Waals surface area contributed by atoms with Gasteiger partial charge in [0.05, 0.1) is 0 Å². The summed E-state index contributed by atoms with van der Waals surface area (Å²) in [4.78, 5) is 14.2. The zero-order chi connectivity index (χ0) is 9.10. The van der Waals surface area contributed by atoms with Crippen LogP contribution < -0.4 is 5.32 Å². The minimum Gasteiger partial charge on any atom is -0.329 e. The van der Waals surface area contributed by atoms with Gasteiger partial charge in [-0.05, 0) is 18.1 Å². The second kappa shape index (κ2) is 3.39. The number of carbonyl (C=O) groups is 1. The number of amides is 1. The average Bonchev–Trinajstić information content (AvgIpc) is 2.18. The van der Waals surface area contributed by atoms with Crippen LogP contribution in [0.4, 0.5) is 0 Å². The van der Waals surface area contributed by atoms with Crippen LogP contribution in [0.15, 0.2) is 40.7 Å². The summed E-state index contributed by atoms with van der Waals surface area (Å²) in [6.45, 7) is 0. The zero-order valence-electron chi connectivity index (χ0n) is 7.10. The number of nitrogens with one attached hydrogen (secondary N) is 1. The maximum absolute atomic E-state index is 10.2. The average molecular weight is 174 g/mol. The Kier molecular flexibility index (Phi) is 2.08. The number of aliphatic imine (C=N–C) groups is 1. The number of hydrogen-bond donors (Lipinski definition) is 1. The Labute approximate surface area is 76.5 Å². The molecule has 13 heavy (non-hydrogen) atoms. The van der Waals surface area contributed by atoms with Gasteiger partial charge in [-0.2, -0.15) is 0 Å². The van der Waals surface area contributed by atoms with E-state index in [1.807, 2.05) is 24.6 Å². The fourth-order valence-electron chi connectivity index (χ4n) is 1.51. The Balaban J connectivity index is 2.20. The van der Waals surface area contributed by atoms with Gasteiger partial charge in [-0.1, -0.05) is 12.2 Å². The van der Waals surface area contributed by atoms with Crippen LogP contribution in [0.25, 0.3) is 0 Å². The highest BCUT2D eigenvalue weighted by Crippen LogP contribution is 2.24. The van der Waals surface area contributed by atoms with Gasteiger partial charge in [-0.15, -0.1) is 0 Å². The molecular weight excluding hydrogens is 164 g/mol. The van der Waals surface area contributed by atoms with Crippen molar-refractivity contribution in [2.75, 3.05) is 0 Å². The van der Waals surface area contributed by atoms with Crippen LogP contribution in [-0.4, -0.2) is 12.6 Å². The lowest BCUT2D eigenvalue weighted by molar-refractivity contribution is -0.108. The second-order valence-electron chi connectivity index (χ2n) is 3.03. The van der Waals surface area contributed by atoms with E-state index in [0.717, 1.165) is 17.7 Å². The Morgan fingerprint density at radius 2 is 2.54 bits per heavy atom. The molecule has 0 aromatic heterocycles. The normalized spacial score (nSPS) is 24.5. The first-order valence-corrected chi connectivity index (χ1v) is 4.22. The van der Waals surface area contributed by atoms with Crippen molar-refractivity contribution in [3.8, 4) is 0 Å². The highest BCUT2D eigenvalue weighted by Gasteiger charge is 2.15. The molecule has 2 aliphatic rings. The van der Waals surface area contributed by atoms with E-state index in [0.29, 0.717) is 12.3 Å². The first-order chi connectivity index (χ1) is 6.40. The Hall–Kier alpha value is -1.64. The molecule has 1 N–H and O–H groups in total. The van der Waals surface area contributed by atoms with E-state index >= 15 is 0 Å². The van der Waals surface area contributed by atoms with Gasteiger partial charge < -0.3 is 5.32 Å². The van der Waals surface area contributed by atoms with Crippen molar-refractivity contribution in [2.24, 2.45) is 10.9 Å². The van der Waals surface area contributed by atoms with Crippen molar-refractivity contribution in [3.63, 3.8) is 0 Å². The molecule has 0 spiro atoms. The summed E-state index contributed by atoms with van der Waals surface area (Å²) in [6.07, 6.45) is 11.3. The highest BCUT2D eigenvalue weighted by molar-refractivity contribution is 5.83. The van der Waals surface area contributed by atoms with E-state index in [1.54, 1.807) is 0 Å². The molecule has 0 bridgehead atoms. The lowest BCUT2D eigenvalue weighted by Gasteiger charge is -2.19. The second-order valence-corrected chi connectivity index (χ2v) is 3.03. The quantitative estimate of drug-likeness (QED) is 0.627. The molecule has 0 saturated heterocycles. The molecule has 1 atom stereocenters. The molecule has 1 unspecified atom stereocenters. The van der Waals surface area contributed by atoms with Crippen molar-refractivity contribution in [1.29, 1.82) is 0 Å². The number of fused-ring (bicyclic) bond motifs is 1. The summed E-state index contributed by atoms with van der Waals surface area (Å²) in [5.74, 6) is 0.440. The zero-order valence-corrected chi connectivity index (χ0v) is 7.10. The molecule has 1 amide bonds. The van der Waals surface area contributed by atoms with Gasteiger partial charge in [-0.3, -0.25) is 9.79 Å². The van der Waals surface area contributed by atoms with Crippen LogP contribution in [0, 0.1) is 5.92 Å².